The van der Waals surface area contributed by atoms with Gasteiger partial charge in [0, 0.05) is 11.1 Å². The maximum Gasteiger partial charge on any atom is 0.162 e. The van der Waals surface area contributed by atoms with Crippen LogP contribution in [0.5, 0.6) is 11.5 Å². The Hall–Kier alpha value is -0.420. The quantitative estimate of drug-likeness (QED) is 0.662. The van der Waals surface area contributed by atoms with Gasteiger partial charge in [-0.1, -0.05) is 11.6 Å². The van der Waals surface area contributed by atoms with Crippen LogP contribution in [0.1, 0.15) is 16.5 Å². The summed E-state index contributed by atoms with van der Waals surface area (Å²) in [6.45, 7) is 1.09. The second-order valence-electron chi connectivity index (χ2n) is 4.06. The largest absolute Gasteiger partial charge is 0.486 e. The average Bonchev–Trinajstić information content (AvgIpc) is 2.84. The minimum Gasteiger partial charge on any atom is -0.486 e. The Labute approximate surface area is 133 Å². The maximum absolute atomic E-state index is 6.50. The summed E-state index contributed by atoms with van der Waals surface area (Å²) in [4.78, 5) is 0. The van der Waals surface area contributed by atoms with Crippen LogP contribution in [0.15, 0.2) is 27.4 Å². The Morgan fingerprint density at radius 1 is 1.16 bits per heavy atom. The highest BCUT2D eigenvalue weighted by molar-refractivity contribution is 9.11. The molecule has 0 aliphatic carbocycles. The molecule has 3 rings (SSSR count). The summed E-state index contributed by atoms with van der Waals surface area (Å²) in [5.74, 6) is 1.38. The molecule has 100 valence electrons. The number of hydrogen-bond donors (Lipinski definition) is 0. The summed E-state index contributed by atoms with van der Waals surface area (Å²) in [6, 6.07) is 5.62. The summed E-state index contributed by atoms with van der Waals surface area (Å²) in [5, 5.41) is 2.30. The third-order valence-corrected chi connectivity index (χ3v) is 5.15. The zero-order chi connectivity index (χ0) is 13.4. The van der Waals surface area contributed by atoms with Gasteiger partial charge < -0.3 is 9.47 Å². The smallest absolute Gasteiger partial charge is 0.162 e. The Bertz CT molecular complexity index is 615. The van der Waals surface area contributed by atoms with Crippen molar-refractivity contribution < 1.29 is 9.47 Å². The van der Waals surface area contributed by atoms with Gasteiger partial charge in [0.25, 0.3) is 0 Å². The lowest BCUT2D eigenvalue weighted by molar-refractivity contribution is 0.171. The van der Waals surface area contributed by atoms with Gasteiger partial charge in [-0.15, -0.1) is 22.9 Å². The summed E-state index contributed by atoms with van der Waals surface area (Å²) < 4.78 is 12.1. The van der Waals surface area contributed by atoms with Crippen LogP contribution < -0.4 is 9.47 Å². The van der Waals surface area contributed by atoms with E-state index in [1.54, 1.807) is 17.4 Å². The van der Waals surface area contributed by atoms with Crippen molar-refractivity contribution in [2.24, 2.45) is 0 Å². The molecule has 2 nitrogen and oxygen atoms in total. The molecule has 1 unspecified atom stereocenters. The second-order valence-corrected chi connectivity index (χ2v) is 7.20. The highest BCUT2D eigenvalue weighted by Gasteiger charge is 2.21. The molecular weight excluding hydrogens is 371 g/mol. The number of fused-ring (bicyclic) bond motifs is 1. The van der Waals surface area contributed by atoms with Crippen LogP contribution in [0.3, 0.4) is 0 Å². The van der Waals surface area contributed by atoms with Gasteiger partial charge in [-0.3, -0.25) is 0 Å². The van der Waals surface area contributed by atoms with E-state index in [4.69, 9.17) is 32.7 Å². The predicted molar refractivity (Wildman–Crippen MR) is 82.2 cm³/mol. The fraction of sp³-hybridized carbons (Fsp3) is 0.231. The van der Waals surface area contributed by atoms with Crippen molar-refractivity contribution in [2.45, 2.75) is 5.38 Å². The van der Waals surface area contributed by atoms with Gasteiger partial charge in [-0.05, 0) is 44.6 Å². The minimum absolute atomic E-state index is 0.300. The van der Waals surface area contributed by atoms with Crippen LogP contribution in [0, 0.1) is 0 Å². The molecule has 0 spiro atoms. The van der Waals surface area contributed by atoms with E-state index in [2.05, 4.69) is 15.9 Å². The third-order valence-electron chi connectivity index (χ3n) is 2.81. The number of rotatable bonds is 2. The topological polar surface area (TPSA) is 18.5 Å². The van der Waals surface area contributed by atoms with E-state index in [1.165, 1.54) is 0 Å². The Kier molecular flexibility index (Phi) is 3.94. The molecule has 1 aromatic carbocycles. The molecule has 1 aliphatic rings. The van der Waals surface area contributed by atoms with Gasteiger partial charge in [0.2, 0.25) is 0 Å². The van der Waals surface area contributed by atoms with Crippen LogP contribution >= 0.6 is 50.5 Å². The summed E-state index contributed by atoms with van der Waals surface area (Å²) in [5.41, 5.74) is 1.84. The predicted octanol–water partition coefficient (Wildman–Crippen LogP) is 5.26. The third kappa shape index (κ3) is 2.72. The van der Waals surface area contributed by atoms with Crippen molar-refractivity contribution in [3.63, 3.8) is 0 Å². The highest BCUT2D eigenvalue weighted by Crippen LogP contribution is 2.42. The van der Waals surface area contributed by atoms with Crippen LogP contribution in [-0.4, -0.2) is 13.2 Å². The van der Waals surface area contributed by atoms with Gasteiger partial charge >= 0.3 is 0 Å². The highest BCUT2D eigenvalue weighted by atomic mass is 79.9. The van der Waals surface area contributed by atoms with E-state index in [1.807, 2.05) is 17.5 Å². The van der Waals surface area contributed by atoms with E-state index < -0.39 is 0 Å². The zero-order valence-corrected chi connectivity index (χ0v) is 13.6. The first kappa shape index (κ1) is 13.6. The molecular formula is C13H9BrCl2O2S. The lowest BCUT2D eigenvalue weighted by Gasteiger charge is -2.21. The molecule has 0 radical (unpaired) electrons. The maximum atomic E-state index is 6.50. The number of ether oxygens (including phenoxy) is 2. The van der Waals surface area contributed by atoms with E-state index in [9.17, 15) is 0 Å². The van der Waals surface area contributed by atoms with Crippen molar-refractivity contribution in [3.05, 3.63) is 43.5 Å². The lowest BCUT2D eigenvalue weighted by atomic mass is 10.1. The van der Waals surface area contributed by atoms with Crippen LogP contribution in [0.25, 0.3) is 0 Å². The first-order chi connectivity index (χ1) is 9.15. The van der Waals surface area contributed by atoms with Crippen molar-refractivity contribution >= 4 is 50.5 Å². The van der Waals surface area contributed by atoms with Gasteiger partial charge in [0.15, 0.2) is 11.5 Å². The first-order valence-electron chi connectivity index (χ1n) is 5.62. The van der Waals surface area contributed by atoms with Crippen LogP contribution in [0.2, 0.25) is 5.02 Å². The van der Waals surface area contributed by atoms with E-state index in [0.717, 1.165) is 14.9 Å². The molecule has 0 saturated carbocycles. The standard InChI is InChI=1S/C13H9BrCl2O2S/c14-12-3-7(6-19-12)13(16)8-4-10-11(5-9(8)15)18-2-1-17-10/h3-6,13H,1-2H2. The number of alkyl halides is 1. The summed E-state index contributed by atoms with van der Waals surface area (Å²) in [7, 11) is 0. The zero-order valence-electron chi connectivity index (χ0n) is 9.66. The molecule has 0 fully saturated rings. The van der Waals surface area contributed by atoms with Crippen LogP contribution in [-0.2, 0) is 0 Å². The Morgan fingerprint density at radius 3 is 2.47 bits per heavy atom. The van der Waals surface area contributed by atoms with Gasteiger partial charge in [-0.2, -0.15) is 0 Å². The fourth-order valence-corrected chi connectivity index (χ4v) is 3.81. The lowest BCUT2D eigenvalue weighted by Crippen LogP contribution is -2.15. The molecule has 2 heterocycles. The first-order valence-corrected chi connectivity index (χ1v) is 8.11. The van der Waals surface area contributed by atoms with Crippen LogP contribution in [0.4, 0.5) is 0 Å². The monoisotopic (exact) mass is 378 g/mol. The SMILES string of the molecule is Clc1cc2c(cc1C(Cl)c1csc(Br)c1)OCCO2. The summed E-state index contributed by atoms with van der Waals surface area (Å²) in [6.07, 6.45) is 0. The normalized spacial score (nSPS) is 15.3. The van der Waals surface area contributed by atoms with Crippen molar-refractivity contribution in [1.82, 2.24) is 0 Å². The van der Waals surface area contributed by atoms with Crippen molar-refractivity contribution in [3.8, 4) is 11.5 Å². The molecule has 0 bridgehead atoms. The molecule has 0 amide bonds. The number of thiophene rings is 1. The fourth-order valence-electron chi connectivity index (χ4n) is 1.91. The van der Waals surface area contributed by atoms with E-state index >= 15 is 0 Å². The van der Waals surface area contributed by atoms with E-state index in [0.29, 0.717) is 29.7 Å². The molecule has 19 heavy (non-hydrogen) atoms. The molecule has 1 aromatic heterocycles. The van der Waals surface area contributed by atoms with Gasteiger partial charge in [-0.25, -0.2) is 0 Å². The van der Waals surface area contributed by atoms with Crippen molar-refractivity contribution in [1.29, 1.82) is 0 Å². The molecule has 6 heteroatoms. The van der Waals surface area contributed by atoms with E-state index in [-0.39, 0.29) is 5.38 Å². The molecule has 1 atom stereocenters. The molecule has 1 aliphatic heterocycles. The average molecular weight is 380 g/mol. The molecule has 0 N–H and O–H groups in total. The van der Waals surface area contributed by atoms with Gasteiger partial charge in [0.1, 0.15) is 13.2 Å². The Morgan fingerprint density at radius 2 is 1.84 bits per heavy atom. The molecule has 0 saturated heterocycles. The van der Waals surface area contributed by atoms with Gasteiger partial charge in [0.05, 0.1) is 9.16 Å². The number of halogens is 3. The summed E-state index contributed by atoms with van der Waals surface area (Å²) >= 11 is 17.8. The number of hydrogen-bond acceptors (Lipinski definition) is 3. The number of benzene rings is 1. The molecule has 2 aromatic rings. The second kappa shape index (κ2) is 5.52. The Balaban J connectivity index is 2.00. The minimum atomic E-state index is -0.300. The van der Waals surface area contributed by atoms with Crippen molar-refractivity contribution in [2.75, 3.05) is 13.2 Å².